The molecule has 2 amide bonds. The Hall–Kier alpha value is -3.03. The molecule has 0 fully saturated rings. The summed E-state index contributed by atoms with van der Waals surface area (Å²) in [6.07, 6.45) is 1.95. The molecular formula is C16H18N6O2. The Morgan fingerprint density at radius 2 is 2.17 bits per heavy atom. The lowest BCUT2D eigenvalue weighted by molar-refractivity contribution is -0.119. The lowest BCUT2D eigenvalue weighted by Gasteiger charge is -2.24. The molecule has 0 spiro atoms. The van der Waals surface area contributed by atoms with Crippen molar-refractivity contribution in [1.82, 2.24) is 20.5 Å². The maximum Gasteiger partial charge on any atom is 0.267 e. The van der Waals surface area contributed by atoms with Crippen LogP contribution in [-0.2, 0) is 16.1 Å². The number of anilines is 1. The first-order chi connectivity index (χ1) is 11.5. The molecule has 124 valence electrons. The summed E-state index contributed by atoms with van der Waals surface area (Å²) >= 11 is 0. The maximum atomic E-state index is 12.3. The number of aromatic amines is 1. The summed E-state index contributed by atoms with van der Waals surface area (Å²) in [6.45, 7) is 4.09. The van der Waals surface area contributed by atoms with E-state index in [0.717, 1.165) is 11.1 Å². The molecule has 0 bridgehead atoms. The minimum absolute atomic E-state index is 0.115. The van der Waals surface area contributed by atoms with Crippen molar-refractivity contribution < 1.29 is 9.59 Å². The number of nitrogens with zero attached hydrogens (tertiary/aromatic N) is 4. The molecule has 2 N–H and O–H groups in total. The summed E-state index contributed by atoms with van der Waals surface area (Å²) < 4.78 is 0. The average molecular weight is 326 g/mol. The zero-order chi connectivity index (χ0) is 17.1. The first-order valence-corrected chi connectivity index (χ1v) is 7.64. The monoisotopic (exact) mass is 326 g/mol. The quantitative estimate of drug-likeness (QED) is 0.881. The third-order valence-corrected chi connectivity index (χ3v) is 3.77. The van der Waals surface area contributed by atoms with Gasteiger partial charge in [-0.1, -0.05) is 12.1 Å². The highest BCUT2D eigenvalue weighted by molar-refractivity contribution is 6.40. The van der Waals surface area contributed by atoms with Gasteiger partial charge in [-0.15, -0.1) is 0 Å². The molecule has 0 saturated heterocycles. The molecule has 1 aliphatic rings. The number of aryl methyl sites for hydroxylation is 2. The second-order valence-electron chi connectivity index (χ2n) is 5.66. The normalized spacial score (nSPS) is 14.5. The van der Waals surface area contributed by atoms with Crippen LogP contribution < -0.4 is 10.3 Å². The molecule has 0 saturated carbocycles. The van der Waals surface area contributed by atoms with E-state index in [2.05, 4.69) is 25.6 Å². The van der Waals surface area contributed by atoms with E-state index in [-0.39, 0.29) is 24.8 Å². The van der Waals surface area contributed by atoms with Crippen LogP contribution in [0.25, 0.3) is 0 Å². The number of amides is 2. The number of aromatic nitrogens is 3. The van der Waals surface area contributed by atoms with Gasteiger partial charge in [-0.3, -0.25) is 14.7 Å². The van der Waals surface area contributed by atoms with Gasteiger partial charge in [0.05, 0.1) is 12.2 Å². The fourth-order valence-corrected chi connectivity index (χ4v) is 2.43. The highest BCUT2D eigenvalue weighted by Gasteiger charge is 2.26. The van der Waals surface area contributed by atoms with Crippen LogP contribution in [0.5, 0.6) is 0 Å². The second-order valence-corrected chi connectivity index (χ2v) is 5.66. The summed E-state index contributed by atoms with van der Waals surface area (Å²) in [6, 6.07) is 5.81. The smallest absolute Gasteiger partial charge is 0.267 e. The second kappa shape index (κ2) is 6.61. The molecule has 0 atom stereocenters. The van der Waals surface area contributed by atoms with E-state index in [1.54, 1.807) is 0 Å². The van der Waals surface area contributed by atoms with Crippen LogP contribution in [0.3, 0.4) is 0 Å². The van der Waals surface area contributed by atoms with E-state index in [9.17, 15) is 9.59 Å². The third kappa shape index (κ3) is 3.32. The Bertz CT molecular complexity index is 797. The lowest BCUT2D eigenvalue weighted by atomic mass is 10.1. The highest BCUT2D eigenvalue weighted by Crippen LogP contribution is 2.25. The fourth-order valence-electron chi connectivity index (χ4n) is 2.43. The summed E-state index contributed by atoms with van der Waals surface area (Å²) in [5.41, 5.74) is 3.00. The molecule has 2 heterocycles. The first-order valence-electron chi connectivity index (χ1n) is 7.64. The number of nitrogens with one attached hydrogen (secondary N) is 2. The standard InChI is InChI=1S/C16H18N6O2/c1-10-3-4-11(2)13(7-10)22-15(23)6-5-12(21-22)16(24)17-8-14-18-9-19-20-14/h3-4,7,9H,5-6,8H2,1-2H3,(H,17,24)(H,18,19,20). The Morgan fingerprint density at radius 1 is 1.33 bits per heavy atom. The van der Waals surface area contributed by atoms with Gasteiger partial charge in [0.25, 0.3) is 5.91 Å². The number of carbonyl (C=O) groups is 2. The zero-order valence-electron chi connectivity index (χ0n) is 13.5. The molecule has 8 nitrogen and oxygen atoms in total. The van der Waals surface area contributed by atoms with Crippen molar-refractivity contribution in [3.63, 3.8) is 0 Å². The van der Waals surface area contributed by atoms with Gasteiger partial charge in [0.15, 0.2) is 0 Å². The van der Waals surface area contributed by atoms with Crippen LogP contribution in [0, 0.1) is 13.8 Å². The Labute approximate surface area is 139 Å². The Balaban J connectivity index is 1.79. The number of H-pyrrole nitrogens is 1. The predicted octanol–water partition coefficient (Wildman–Crippen LogP) is 1.22. The zero-order valence-corrected chi connectivity index (χ0v) is 13.5. The minimum atomic E-state index is -0.311. The molecule has 8 heteroatoms. The van der Waals surface area contributed by atoms with Gasteiger partial charge in [-0.25, -0.2) is 9.99 Å². The number of hydrogen-bond donors (Lipinski definition) is 2. The van der Waals surface area contributed by atoms with Gasteiger partial charge < -0.3 is 5.32 Å². The average Bonchev–Trinajstić information content (AvgIpc) is 3.09. The van der Waals surface area contributed by atoms with Crippen LogP contribution in [0.1, 0.15) is 29.8 Å². The third-order valence-electron chi connectivity index (χ3n) is 3.77. The van der Waals surface area contributed by atoms with Crippen LogP contribution in [0.15, 0.2) is 29.6 Å². The molecule has 1 aliphatic heterocycles. The molecular weight excluding hydrogens is 308 g/mol. The van der Waals surface area contributed by atoms with Crippen molar-refractivity contribution in [1.29, 1.82) is 0 Å². The summed E-state index contributed by atoms with van der Waals surface area (Å²) in [4.78, 5) is 28.5. The molecule has 2 aromatic rings. The first kappa shape index (κ1) is 15.9. The van der Waals surface area contributed by atoms with Gasteiger partial charge in [-0.2, -0.15) is 10.2 Å². The lowest BCUT2D eigenvalue weighted by Crippen LogP contribution is -2.39. The van der Waals surface area contributed by atoms with E-state index < -0.39 is 0 Å². The van der Waals surface area contributed by atoms with E-state index in [0.29, 0.717) is 23.6 Å². The Kier molecular flexibility index (Phi) is 4.37. The molecule has 0 aliphatic carbocycles. The van der Waals surface area contributed by atoms with Gasteiger partial charge >= 0.3 is 0 Å². The van der Waals surface area contributed by atoms with Crippen LogP contribution >= 0.6 is 0 Å². The van der Waals surface area contributed by atoms with E-state index in [1.807, 2.05) is 32.0 Å². The highest BCUT2D eigenvalue weighted by atomic mass is 16.2. The van der Waals surface area contributed by atoms with E-state index in [4.69, 9.17) is 0 Å². The van der Waals surface area contributed by atoms with Crippen molar-refractivity contribution in [2.75, 3.05) is 5.01 Å². The van der Waals surface area contributed by atoms with Gasteiger partial charge in [0.2, 0.25) is 5.91 Å². The number of hydrogen-bond acceptors (Lipinski definition) is 5. The minimum Gasteiger partial charge on any atom is -0.344 e. The van der Waals surface area contributed by atoms with E-state index in [1.165, 1.54) is 11.3 Å². The van der Waals surface area contributed by atoms with Crippen molar-refractivity contribution in [2.45, 2.75) is 33.2 Å². The summed E-state index contributed by atoms with van der Waals surface area (Å²) in [5, 5.41) is 14.7. The van der Waals surface area contributed by atoms with Crippen LogP contribution in [0.2, 0.25) is 0 Å². The molecule has 0 unspecified atom stereocenters. The molecule has 0 radical (unpaired) electrons. The van der Waals surface area contributed by atoms with Crippen LogP contribution in [0.4, 0.5) is 5.69 Å². The maximum absolute atomic E-state index is 12.3. The summed E-state index contributed by atoms with van der Waals surface area (Å²) in [7, 11) is 0. The fraction of sp³-hybridized carbons (Fsp3) is 0.312. The number of rotatable bonds is 4. The molecule has 1 aromatic heterocycles. The van der Waals surface area contributed by atoms with Gasteiger partial charge in [0.1, 0.15) is 17.9 Å². The number of carbonyl (C=O) groups excluding carboxylic acids is 2. The van der Waals surface area contributed by atoms with Crippen molar-refractivity contribution in [3.05, 3.63) is 41.5 Å². The van der Waals surface area contributed by atoms with Crippen molar-refractivity contribution in [3.8, 4) is 0 Å². The largest absolute Gasteiger partial charge is 0.344 e. The SMILES string of the molecule is Cc1ccc(C)c(N2N=C(C(=O)NCc3ncn[nH]3)CCC2=O)c1. The van der Waals surface area contributed by atoms with Gasteiger partial charge in [0, 0.05) is 12.8 Å². The van der Waals surface area contributed by atoms with Crippen molar-refractivity contribution >= 4 is 23.2 Å². The Morgan fingerprint density at radius 3 is 2.92 bits per heavy atom. The van der Waals surface area contributed by atoms with Crippen molar-refractivity contribution in [2.24, 2.45) is 5.10 Å². The van der Waals surface area contributed by atoms with Crippen LogP contribution in [-0.4, -0.2) is 32.7 Å². The number of benzene rings is 1. The topological polar surface area (TPSA) is 103 Å². The molecule has 24 heavy (non-hydrogen) atoms. The van der Waals surface area contributed by atoms with Gasteiger partial charge in [-0.05, 0) is 31.0 Å². The summed E-state index contributed by atoms with van der Waals surface area (Å²) in [5.74, 6) is 0.131. The molecule has 3 rings (SSSR count). The van der Waals surface area contributed by atoms with E-state index >= 15 is 0 Å². The molecule has 1 aromatic carbocycles. The number of hydrazone groups is 1. The predicted molar refractivity (Wildman–Crippen MR) is 88.3 cm³/mol.